The predicted molar refractivity (Wildman–Crippen MR) is 77.8 cm³/mol. The van der Waals surface area contributed by atoms with E-state index >= 15 is 0 Å². The number of carbonyl (C=O) groups excluding carboxylic acids is 1. The summed E-state index contributed by atoms with van der Waals surface area (Å²) in [5.41, 5.74) is 2.38. The molecule has 1 amide bonds. The minimum absolute atomic E-state index is 0.0492. The highest BCUT2D eigenvalue weighted by Gasteiger charge is 2.23. The molecule has 0 saturated carbocycles. The molecule has 0 aromatic heterocycles. The molecule has 3 rings (SSSR count). The molecule has 4 heteroatoms. The van der Waals surface area contributed by atoms with E-state index in [0.29, 0.717) is 31.0 Å². The molecule has 1 heterocycles. The topological polar surface area (TPSA) is 29.5 Å². The molecule has 0 unspecified atom stereocenters. The predicted octanol–water partition coefficient (Wildman–Crippen LogP) is 3.17. The van der Waals surface area contributed by atoms with Crippen molar-refractivity contribution < 1.29 is 13.9 Å². The van der Waals surface area contributed by atoms with Gasteiger partial charge in [0.05, 0.1) is 12.1 Å². The van der Waals surface area contributed by atoms with Crippen molar-refractivity contribution in [3.63, 3.8) is 0 Å². The van der Waals surface area contributed by atoms with E-state index < -0.39 is 0 Å². The number of carbonyl (C=O) groups is 1. The number of amides is 1. The van der Waals surface area contributed by atoms with Gasteiger partial charge in [0.15, 0.2) is 0 Å². The number of halogens is 1. The monoisotopic (exact) mass is 285 g/mol. The van der Waals surface area contributed by atoms with Crippen molar-refractivity contribution in [1.29, 1.82) is 0 Å². The molecule has 1 aliphatic heterocycles. The maximum atomic E-state index is 13.2. The van der Waals surface area contributed by atoms with E-state index in [4.69, 9.17) is 4.74 Å². The van der Waals surface area contributed by atoms with Crippen LogP contribution in [0.2, 0.25) is 0 Å². The zero-order valence-electron chi connectivity index (χ0n) is 11.8. The summed E-state index contributed by atoms with van der Waals surface area (Å²) < 4.78 is 18.8. The first-order valence-corrected chi connectivity index (χ1v) is 6.91. The summed E-state index contributed by atoms with van der Waals surface area (Å²) in [6, 6.07) is 11.9. The molecule has 0 saturated heterocycles. The van der Waals surface area contributed by atoms with E-state index in [1.165, 1.54) is 12.1 Å². The van der Waals surface area contributed by atoms with Gasteiger partial charge in [-0.05, 0) is 42.3 Å². The Bertz CT molecular complexity index is 684. The molecule has 0 N–H and O–H groups in total. The van der Waals surface area contributed by atoms with E-state index in [2.05, 4.69) is 0 Å². The van der Waals surface area contributed by atoms with E-state index in [-0.39, 0.29) is 11.7 Å². The summed E-state index contributed by atoms with van der Waals surface area (Å²) in [4.78, 5) is 14.3. The van der Waals surface area contributed by atoms with Crippen LogP contribution in [0.4, 0.5) is 4.39 Å². The Kier molecular flexibility index (Phi) is 3.60. The van der Waals surface area contributed by atoms with Gasteiger partial charge in [-0.1, -0.05) is 18.2 Å². The number of rotatable bonds is 2. The summed E-state index contributed by atoms with van der Waals surface area (Å²) in [5.74, 6) is 0.319. The average molecular weight is 285 g/mol. The van der Waals surface area contributed by atoms with Crippen LogP contribution in [0.25, 0.3) is 0 Å². The van der Waals surface area contributed by atoms with Crippen LogP contribution in [-0.4, -0.2) is 24.0 Å². The maximum Gasteiger partial charge on any atom is 0.258 e. The molecule has 0 radical (unpaired) electrons. The van der Waals surface area contributed by atoms with Gasteiger partial charge in [-0.2, -0.15) is 0 Å². The molecule has 2 aromatic rings. The van der Waals surface area contributed by atoms with Gasteiger partial charge in [0.2, 0.25) is 0 Å². The number of ether oxygens (including phenoxy) is 1. The number of benzene rings is 2. The van der Waals surface area contributed by atoms with Crippen LogP contribution in [0.15, 0.2) is 42.5 Å². The SMILES string of the molecule is Cc1cc(F)ccc1CN1CCOc2ccccc2C1=O. The molecule has 3 nitrogen and oxygen atoms in total. The molecule has 1 aliphatic rings. The second kappa shape index (κ2) is 5.56. The van der Waals surface area contributed by atoms with Gasteiger partial charge in [0.25, 0.3) is 5.91 Å². The third-order valence-corrected chi connectivity index (χ3v) is 3.69. The Labute approximate surface area is 123 Å². The summed E-state index contributed by atoms with van der Waals surface area (Å²) in [7, 11) is 0. The number of para-hydroxylation sites is 1. The van der Waals surface area contributed by atoms with E-state index in [1.807, 2.05) is 19.1 Å². The fraction of sp³-hybridized carbons (Fsp3) is 0.235. The van der Waals surface area contributed by atoms with E-state index in [9.17, 15) is 9.18 Å². The van der Waals surface area contributed by atoms with Crippen LogP contribution in [0.5, 0.6) is 5.75 Å². The lowest BCUT2D eigenvalue weighted by Crippen LogP contribution is -2.32. The number of hydrogen-bond donors (Lipinski definition) is 0. The van der Waals surface area contributed by atoms with Crippen LogP contribution in [0.1, 0.15) is 21.5 Å². The molecule has 2 aromatic carbocycles. The van der Waals surface area contributed by atoms with E-state index in [0.717, 1.165) is 11.1 Å². The molecule has 0 fully saturated rings. The van der Waals surface area contributed by atoms with Crippen molar-refractivity contribution >= 4 is 5.91 Å². The second-order valence-electron chi connectivity index (χ2n) is 5.14. The zero-order valence-corrected chi connectivity index (χ0v) is 11.8. The van der Waals surface area contributed by atoms with Crippen molar-refractivity contribution in [3.8, 4) is 5.75 Å². The summed E-state index contributed by atoms with van der Waals surface area (Å²) in [5, 5.41) is 0. The first kappa shape index (κ1) is 13.6. The smallest absolute Gasteiger partial charge is 0.258 e. The summed E-state index contributed by atoms with van der Waals surface area (Å²) >= 11 is 0. The van der Waals surface area contributed by atoms with Crippen molar-refractivity contribution in [2.75, 3.05) is 13.2 Å². The fourth-order valence-electron chi connectivity index (χ4n) is 2.50. The Morgan fingerprint density at radius 1 is 1.24 bits per heavy atom. The van der Waals surface area contributed by atoms with Gasteiger partial charge in [0.1, 0.15) is 18.2 Å². The Morgan fingerprint density at radius 3 is 2.86 bits per heavy atom. The first-order valence-electron chi connectivity index (χ1n) is 6.91. The van der Waals surface area contributed by atoms with Gasteiger partial charge in [-0.3, -0.25) is 4.79 Å². The molecule has 0 spiro atoms. The molecular weight excluding hydrogens is 269 g/mol. The number of aryl methyl sites for hydroxylation is 1. The van der Waals surface area contributed by atoms with Crippen molar-refractivity contribution in [1.82, 2.24) is 4.90 Å². The Hall–Kier alpha value is -2.36. The molecule has 0 atom stereocenters. The van der Waals surface area contributed by atoms with E-state index in [1.54, 1.807) is 23.1 Å². The average Bonchev–Trinajstić information content (AvgIpc) is 2.63. The molecule has 108 valence electrons. The van der Waals surface area contributed by atoms with Gasteiger partial charge >= 0.3 is 0 Å². The second-order valence-corrected chi connectivity index (χ2v) is 5.14. The van der Waals surface area contributed by atoms with Crippen molar-refractivity contribution in [2.45, 2.75) is 13.5 Å². The quantitative estimate of drug-likeness (QED) is 0.848. The highest BCUT2D eigenvalue weighted by atomic mass is 19.1. The molecule has 0 aliphatic carbocycles. The minimum atomic E-state index is -0.257. The maximum absolute atomic E-state index is 13.2. The van der Waals surface area contributed by atoms with Gasteiger partial charge in [-0.15, -0.1) is 0 Å². The van der Waals surface area contributed by atoms with Crippen LogP contribution in [-0.2, 0) is 6.54 Å². The highest BCUT2D eigenvalue weighted by molar-refractivity contribution is 5.97. The lowest BCUT2D eigenvalue weighted by atomic mass is 10.1. The molecule has 21 heavy (non-hydrogen) atoms. The van der Waals surface area contributed by atoms with Crippen LogP contribution in [0, 0.1) is 12.7 Å². The first-order chi connectivity index (χ1) is 10.1. The lowest BCUT2D eigenvalue weighted by molar-refractivity contribution is 0.0742. The van der Waals surface area contributed by atoms with Gasteiger partial charge in [-0.25, -0.2) is 4.39 Å². The van der Waals surface area contributed by atoms with Crippen LogP contribution >= 0.6 is 0 Å². The number of fused-ring (bicyclic) bond motifs is 1. The summed E-state index contributed by atoms with van der Waals surface area (Å²) in [6.07, 6.45) is 0. The minimum Gasteiger partial charge on any atom is -0.491 e. The number of nitrogens with zero attached hydrogens (tertiary/aromatic N) is 1. The standard InChI is InChI=1S/C17H16FNO2/c1-12-10-14(18)7-6-13(12)11-19-8-9-21-16-5-3-2-4-15(16)17(19)20/h2-7,10H,8-9,11H2,1H3. The van der Waals surface area contributed by atoms with Crippen LogP contribution in [0.3, 0.4) is 0 Å². The van der Waals surface area contributed by atoms with Gasteiger partial charge < -0.3 is 9.64 Å². The van der Waals surface area contributed by atoms with Gasteiger partial charge in [0, 0.05) is 6.54 Å². The lowest BCUT2D eigenvalue weighted by Gasteiger charge is -2.21. The molecular formula is C17H16FNO2. The Balaban J connectivity index is 1.87. The van der Waals surface area contributed by atoms with Crippen molar-refractivity contribution in [2.24, 2.45) is 0 Å². The fourth-order valence-corrected chi connectivity index (χ4v) is 2.50. The third kappa shape index (κ3) is 2.75. The number of hydrogen-bond acceptors (Lipinski definition) is 2. The van der Waals surface area contributed by atoms with Crippen molar-refractivity contribution in [3.05, 3.63) is 65.0 Å². The third-order valence-electron chi connectivity index (χ3n) is 3.69. The summed E-state index contributed by atoms with van der Waals surface area (Å²) in [6.45, 7) is 3.29. The highest BCUT2D eigenvalue weighted by Crippen LogP contribution is 2.24. The Morgan fingerprint density at radius 2 is 2.05 bits per heavy atom. The largest absolute Gasteiger partial charge is 0.491 e. The van der Waals surface area contributed by atoms with Crippen LogP contribution < -0.4 is 4.74 Å². The molecule has 0 bridgehead atoms. The normalized spacial score (nSPS) is 14.4. The zero-order chi connectivity index (χ0) is 14.8.